The number of rotatable bonds is 5. The number of ether oxygens (including phenoxy) is 2. The molecule has 0 saturated heterocycles. The van der Waals surface area contributed by atoms with Gasteiger partial charge in [-0.25, -0.2) is 15.0 Å². The van der Waals surface area contributed by atoms with Crippen LogP contribution < -0.4 is 14.8 Å². The Hall–Kier alpha value is -3.42. The molecule has 1 amide bonds. The van der Waals surface area contributed by atoms with Crippen LogP contribution in [0.25, 0.3) is 5.82 Å². The van der Waals surface area contributed by atoms with Gasteiger partial charge in [0.05, 0.1) is 14.2 Å². The van der Waals surface area contributed by atoms with Gasteiger partial charge in [-0.2, -0.15) is 0 Å². The molecule has 0 aliphatic carbocycles. The Kier molecular flexibility index (Phi) is 4.37. The number of hydrogen-bond acceptors (Lipinski definition) is 6. The summed E-state index contributed by atoms with van der Waals surface area (Å²) in [5.41, 5.74) is 0.297. The van der Waals surface area contributed by atoms with Crippen LogP contribution in [0.5, 0.6) is 11.5 Å². The van der Waals surface area contributed by atoms with E-state index in [0.29, 0.717) is 28.7 Å². The van der Waals surface area contributed by atoms with Crippen LogP contribution in [0.15, 0.2) is 49.3 Å². The Morgan fingerprint density at radius 3 is 2.54 bits per heavy atom. The minimum atomic E-state index is -0.389. The van der Waals surface area contributed by atoms with Crippen LogP contribution in [0, 0.1) is 0 Å². The number of methoxy groups -OCH3 is 2. The summed E-state index contributed by atoms with van der Waals surface area (Å²) in [6.07, 6.45) is 6.36. The molecule has 0 saturated carbocycles. The van der Waals surface area contributed by atoms with Gasteiger partial charge in [-0.3, -0.25) is 9.36 Å². The summed E-state index contributed by atoms with van der Waals surface area (Å²) in [5.74, 6) is 1.38. The Bertz CT molecular complexity index is 826. The molecule has 0 fully saturated rings. The van der Waals surface area contributed by atoms with Crippen LogP contribution in [0.2, 0.25) is 0 Å². The van der Waals surface area contributed by atoms with Gasteiger partial charge in [0.25, 0.3) is 5.91 Å². The van der Waals surface area contributed by atoms with Crippen molar-refractivity contribution < 1.29 is 14.3 Å². The molecule has 2 heterocycles. The zero-order valence-corrected chi connectivity index (χ0v) is 13.1. The van der Waals surface area contributed by atoms with E-state index in [1.807, 2.05) is 0 Å². The van der Waals surface area contributed by atoms with Gasteiger partial charge in [0.1, 0.15) is 41.4 Å². The second kappa shape index (κ2) is 6.78. The van der Waals surface area contributed by atoms with Crippen molar-refractivity contribution >= 4 is 11.7 Å². The van der Waals surface area contributed by atoms with Crippen LogP contribution in [0.3, 0.4) is 0 Å². The van der Waals surface area contributed by atoms with Gasteiger partial charge in [-0.1, -0.05) is 6.07 Å². The molecular formula is C16H15N5O3. The monoisotopic (exact) mass is 325 g/mol. The zero-order valence-electron chi connectivity index (χ0n) is 13.1. The van der Waals surface area contributed by atoms with E-state index in [9.17, 15) is 4.79 Å². The van der Waals surface area contributed by atoms with Gasteiger partial charge in [-0.15, -0.1) is 0 Å². The molecule has 3 aromatic rings. The summed E-state index contributed by atoms with van der Waals surface area (Å²) in [5, 5.41) is 2.73. The first-order valence-corrected chi connectivity index (χ1v) is 7.05. The molecule has 2 aromatic heterocycles. The fourth-order valence-electron chi connectivity index (χ4n) is 2.21. The number of imidazole rings is 1. The number of amides is 1. The summed E-state index contributed by atoms with van der Waals surface area (Å²) >= 11 is 0. The number of carbonyl (C=O) groups is 1. The van der Waals surface area contributed by atoms with Gasteiger partial charge < -0.3 is 14.8 Å². The summed E-state index contributed by atoms with van der Waals surface area (Å²) in [4.78, 5) is 24.8. The van der Waals surface area contributed by atoms with Crippen LogP contribution in [0.1, 0.15) is 10.4 Å². The molecule has 24 heavy (non-hydrogen) atoms. The molecule has 1 N–H and O–H groups in total. The van der Waals surface area contributed by atoms with E-state index >= 15 is 0 Å². The Morgan fingerprint density at radius 1 is 1.17 bits per heavy atom. The van der Waals surface area contributed by atoms with Crippen LogP contribution >= 0.6 is 0 Å². The largest absolute Gasteiger partial charge is 0.496 e. The molecule has 8 heteroatoms. The van der Waals surface area contributed by atoms with Crippen molar-refractivity contribution in [2.24, 2.45) is 0 Å². The van der Waals surface area contributed by atoms with Crippen LogP contribution in [-0.4, -0.2) is 39.6 Å². The topological polar surface area (TPSA) is 91.2 Å². The van der Waals surface area contributed by atoms with E-state index < -0.39 is 0 Å². The van der Waals surface area contributed by atoms with E-state index in [-0.39, 0.29) is 5.91 Å². The molecule has 0 aliphatic heterocycles. The Balaban J connectivity index is 1.90. The van der Waals surface area contributed by atoms with E-state index in [2.05, 4.69) is 20.3 Å². The number of anilines is 1. The lowest BCUT2D eigenvalue weighted by Crippen LogP contribution is -2.16. The van der Waals surface area contributed by atoms with Crippen molar-refractivity contribution in [3.8, 4) is 17.3 Å². The quantitative estimate of drug-likeness (QED) is 0.771. The van der Waals surface area contributed by atoms with Crippen molar-refractivity contribution in [3.63, 3.8) is 0 Å². The summed E-state index contributed by atoms with van der Waals surface area (Å²) in [6, 6.07) is 6.76. The number of nitrogens with zero attached hydrogens (tertiary/aromatic N) is 4. The maximum absolute atomic E-state index is 12.6. The Morgan fingerprint density at radius 2 is 1.92 bits per heavy atom. The van der Waals surface area contributed by atoms with Gasteiger partial charge in [0.15, 0.2) is 0 Å². The number of carbonyl (C=O) groups excluding carboxylic acids is 1. The highest BCUT2D eigenvalue weighted by molar-refractivity contribution is 6.07. The molecule has 0 spiro atoms. The molecule has 122 valence electrons. The molecule has 0 atom stereocenters. The molecule has 0 radical (unpaired) electrons. The molecule has 0 aliphatic rings. The summed E-state index contributed by atoms with van der Waals surface area (Å²) in [7, 11) is 2.99. The second-order valence-electron chi connectivity index (χ2n) is 4.72. The second-order valence-corrected chi connectivity index (χ2v) is 4.72. The lowest BCUT2D eigenvalue weighted by atomic mass is 10.1. The van der Waals surface area contributed by atoms with Crippen molar-refractivity contribution in [2.45, 2.75) is 0 Å². The summed E-state index contributed by atoms with van der Waals surface area (Å²) < 4.78 is 12.2. The van der Waals surface area contributed by atoms with E-state index in [4.69, 9.17) is 9.47 Å². The highest BCUT2D eigenvalue weighted by Crippen LogP contribution is 2.28. The average Bonchev–Trinajstić information content (AvgIpc) is 3.15. The third kappa shape index (κ3) is 3.02. The predicted octanol–water partition coefficient (Wildman–Crippen LogP) is 1.93. The van der Waals surface area contributed by atoms with Crippen molar-refractivity contribution in [1.82, 2.24) is 19.5 Å². The molecule has 3 rings (SSSR count). The maximum Gasteiger partial charge on any atom is 0.264 e. The molecule has 8 nitrogen and oxygen atoms in total. The lowest BCUT2D eigenvalue weighted by molar-refractivity contribution is 0.102. The minimum Gasteiger partial charge on any atom is -0.496 e. The van der Waals surface area contributed by atoms with Crippen LogP contribution in [0.4, 0.5) is 5.82 Å². The van der Waals surface area contributed by atoms with E-state index in [1.54, 1.807) is 47.6 Å². The highest BCUT2D eigenvalue weighted by Gasteiger charge is 2.18. The maximum atomic E-state index is 12.6. The first-order chi connectivity index (χ1) is 11.7. The van der Waals surface area contributed by atoms with E-state index in [1.165, 1.54) is 20.5 Å². The standard InChI is InChI=1S/C16H15N5O3/c1-23-11-4-3-5-12(24-2)15(11)16(22)20-13-8-14(19-9-18-13)21-7-6-17-10-21/h3-10H,1-2H3,(H,18,19,20,22). The fourth-order valence-corrected chi connectivity index (χ4v) is 2.21. The number of benzene rings is 1. The SMILES string of the molecule is COc1cccc(OC)c1C(=O)Nc1cc(-n2ccnc2)ncn1. The van der Waals surface area contributed by atoms with Gasteiger partial charge >= 0.3 is 0 Å². The third-order valence-electron chi connectivity index (χ3n) is 3.32. The van der Waals surface area contributed by atoms with Gasteiger partial charge in [0, 0.05) is 18.5 Å². The first-order valence-electron chi connectivity index (χ1n) is 7.05. The van der Waals surface area contributed by atoms with Crippen molar-refractivity contribution in [3.05, 3.63) is 54.9 Å². The summed E-state index contributed by atoms with van der Waals surface area (Å²) in [6.45, 7) is 0. The smallest absolute Gasteiger partial charge is 0.264 e. The van der Waals surface area contributed by atoms with E-state index in [0.717, 1.165) is 0 Å². The first kappa shape index (κ1) is 15.5. The van der Waals surface area contributed by atoms with Gasteiger partial charge in [-0.05, 0) is 12.1 Å². The normalized spacial score (nSPS) is 10.2. The third-order valence-corrected chi connectivity index (χ3v) is 3.32. The number of nitrogens with one attached hydrogen (secondary N) is 1. The predicted molar refractivity (Wildman–Crippen MR) is 86.7 cm³/mol. The fraction of sp³-hybridized carbons (Fsp3) is 0.125. The molecule has 1 aromatic carbocycles. The Labute approximate surface area is 138 Å². The number of hydrogen-bond donors (Lipinski definition) is 1. The van der Waals surface area contributed by atoms with Gasteiger partial charge in [0.2, 0.25) is 0 Å². The number of aromatic nitrogens is 4. The van der Waals surface area contributed by atoms with Crippen molar-refractivity contribution in [1.29, 1.82) is 0 Å². The molecule has 0 unspecified atom stereocenters. The average molecular weight is 325 g/mol. The van der Waals surface area contributed by atoms with Crippen molar-refractivity contribution in [2.75, 3.05) is 19.5 Å². The minimum absolute atomic E-state index is 0.297. The zero-order chi connectivity index (χ0) is 16.9. The molecule has 0 bridgehead atoms. The highest BCUT2D eigenvalue weighted by atomic mass is 16.5. The lowest BCUT2D eigenvalue weighted by Gasteiger charge is -2.12. The van der Waals surface area contributed by atoms with Crippen LogP contribution in [-0.2, 0) is 0 Å². The molecular weight excluding hydrogens is 310 g/mol.